The minimum atomic E-state index is -0.257. The molecule has 0 fully saturated rings. The van der Waals surface area contributed by atoms with Crippen molar-refractivity contribution in [3.8, 4) is 16.9 Å². The zero-order valence-electron chi connectivity index (χ0n) is 15.3. The number of nitrogens with one attached hydrogen (secondary N) is 3. The van der Waals surface area contributed by atoms with E-state index in [1.807, 2.05) is 23.6 Å². The number of pyridine rings is 2. The van der Waals surface area contributed by atoms with E-state index in [2.05, 4.69) is 25.7 Å². The number of aromatic nitrogens is 4. The van der Waals surface area contributed by atoms with Crippen molar-refractivity contribution in [1.29, 1.82) is 0 Å². The molecule has 0 atom stereocenters. The highest BCUT2D eigenvalue weighted by molar-refractivity contribution is 7.09. The third-order valence-electron chi connectivity index (χ3n) is 4.24. The Bertz CT molecular complexity index is 1150. The number of rotatable bonds is 6. The number of carbonyl (C=O) groups is 1. The highest BCUT2D eigenvalue weighted by Gasteiger charge is 2.11. The van der Waals surface area contributed by atoms with Gasteiger partial charge in [0, 0.05) is 41.8 Å². The summed E-state index contributed by atoms with van der Waals surface area (Å²) in [5.74, 6) is 0.448. The molecule has 4 rings (SSSR count). The van der Waals surface area contributed by atoms with E-state index in [1.54, 1.807) is 54.3 Å². The first-order valence-corrected chi connectivity index (χ1v) is 9.79. The van der Waals surface area contributed by atoms with Crippen LogP contribution in [0.2, 0.25) is 0 Å². The summed E-state index contributed by atoms with van der Waals surface area (Å²) >= 11 is 1.59. The SMILES string of the molecule is O=C(NCc1ccnc(-n2[nH]cc(-c3cccnc3)c2=O)c1)NCc1cccs1. The molecular weight excluding hydrogens is 388 g/mol. The summed E-state index contributed by atoms with van der Waals surface area (Å²) in [7, 11) is 0. The van der Waals surface area contributed by atoms with Gasteiger partial charge in [0.2, 0.25) is 0 Å². The van der Waals surface area contributed by atoms with E-state index >= 15 is 0 Å². The molecule has 3 N–H and O–H groups in total. The molecule has 0 aliphatic heterocycles. The summed E-state index contributed by atoms with van der Waals surface area (Å²) in [5, 5.41) is 10.5. The van der Waals surface area contributed by atoms with Crippen molar-refractivity contribution in [3.05, 3.63) is 87.4 Å². The molecule has 2 amide bonds. The van der Waals surface area contributed by atoms with Crippen LogP contribution in [0.3, 0.4) is 0 Å². The Balaban J connectivity index is 1.43. The minimum Gasteiger partial charge on any atom is -0.334 e. The highest BCUT2D eigenvalue weighted by atomic mass is 32.1. The van der Waals surface area contributed by atoms with E-state index in [9.17, 15) is 9.59 Å². The second-order valence-corrected chi connectivity index (χ2v) is 7.24. The van der Waals surface area contributed by atoms with Gasteiger partial charge in [0.1, 0.15) is 0 Å². The van der Waals surface area contributed by atoms with Crippen LogP contribution in [-0.4, -0.2) is 25.8 Å². The predicted molar refractivity (Wildman–Crippen MR) is 111 cm³/mol. The Kier molecular flexibility index (Phi) is 5.48. The molecule has 9 heteroatoms. The van der Waals surface area contributed by atoms with E-state index in [4.69, 9.17) is 0 Å². The summed E-state index contributed by atoms with van der Waals surface area (Å²) in [6.07, 6.45) is 6.53. The van der Waals surface area contributed by atoms with Gasteiger partial charge in [0.25, 0.3) is 5.56 Å². The maximum atomic E-state index is 12.7. The number of carbonyl (C=O) groups excluding carboxylic acids is 1. The first-order chi connectivity index (χ1) is 14.2. The third-order valence-corrected chi connectivity index (χ3v) is 5.12. The maximum absolute atomic E-state index is 12.7. The van der Waals surface area contributed by atoms with Crippen molar-refractivity contribution in [2.45, 2.75) is 13.1 Å². The third kappa shape index (κ3) is 4.41. The Morgan fingerprint density at radius 3 is 2.83 bits per heavy atom. The summed E-state index contributed by atoms with van der Waals surface area (Å²) in [6, 6.07) is 10.8. The van der Waals surface area contributed by atoms with Crippen LogP contribution in [0.15, 0.2) is 71.4 Å². The number of hydrogen-bond acceptors (Lipinski definition) is 5. The monoisotopic (exact) mass is 406 g/mol. The molecule has 0 bridgehead atoms. The molecule has 4 heterocycles. The van der Waals surface area contributed by atoms with Crippen LogP contribution < -0.4 is 16.2 Å². The number of urea groups is 1. The molecule has 0 aliphatic carbocycles. The molecule has 0 saturated carbocycles. The van der Waals surface area contributed by atoms with Crippen molar-refractivity contribution >= 4 is 17.4 Å². The lowest BCUT2D eigenvalue weighted by Gasteiger charge is -2.08. The molecule has 0 saturated heterocycles. The van der Waals surface area contributed by atoms with Gasteiger partial charge < -0.3 is 10.6 Å². The van der Waals surface area contributed by atoms with Gasteiger partial charge in [-0.2, -0.15) is 0 Å². The van der Waals surface area contributed by atoms with Crippen LogP contribution in [0.25, 0.3) is 16.9 Å². The van der Waals surface area contributed by atoms with Crippen LogP contribution >= 0.6 is 11.3 Å². The number of thiophene rings is 1. The van der Waals surface area contributed by atoms with Crippen LogP contribution in [-0.2, 0) is 13.1 Å². The summed E-state index contributed by atoms with van der Waals surface area (Å²) in [4.78, 5) is 34.1. The molecule has 4 aromatic heterocycles. The second-order valence-electron chi connectivity index (χ2n) is 6.21. The van der Waals surface area contributed by atoms with Gasteiger partial charge in [-0.1, -0.05) is 12.1 Å². The van der Waals surface area contributed by atoms with Crippen molar-refractivity contribution in [3.63, 3.8) is 0 Å². The first-order valence-electron chi connectivity index (χ1n) is 8.91. The number of hydrogen-bond donors (Lipinski definition) is 3. The van der Waals surface area contributed by atoms with E-state index < -0.39 is 0 Å². The molecule has 146 valence electrons. The Hall–Kier alpha value is -3.72. The lowest BCUT2D eigenvalue weighted by atomic mass is 10.2. The molecule has 29 heavy (non-hydrogen) atoms. The van der Waals surface area contributed by atoms with E-state index in [-0.39, 0.29) is 11.6 Å². The fourth-order valence-electron chi connectivity index (χ4n) is 2.79. The summed E-state index contributed by atoms with van der Waals surface area (Å²) in [6.45, 7) is 0.802. The van der Waals surface area contributed by atoms with Crippen LogP contribution in [0, 0.1) is 0 Å². The highest BCUT2D eigenvalue weighted by Crippen LogP contribution is 2.14. The van der Waals surface area contributed by atoms with Crippen molar-refractivity contribution in [2.75, 3.05) is 0 Å². The second kappa shape index (κ2) is 8.53. The first kappa shape index (κ1) is 18.6. The van der Waals surface area contributed by atoms with Gasteiger partial charge in [-0.15, -0.1) is 11.3 Å². The standard InChI is InChI=1S/C20H18N6O2S/c27-19-17(15-3-1-6-21-11-15)13-25-26(19)18-9-14(5-7-22-18)10-23-20(28)24-12-16-4-2-8-29-16/h1-9,11,13,25H,10,12H2,(H2,23,24,28). The molecule has 0 radical (unpaired) electrons. The Morgan fingerprint density at radius 2 is 2.03 bits per heavy atom. The average Bonchev–Trinajstić information content (AvgIpc) is 3.41. The van der Waals surface area contributed by atoms with Crippen LogP contribution in [0.4, 0.5) is 4.79 Å². The molecule has 4 aromatic rings. The average molecular weight is 406 g/mol. The lowest BCUT2D eigenvalue weighted by Crippen LogP contribution is -2.34. The molecule has 0 aromatic carbocycles. The largest absolute Gasteiger partial charge is 0.334 e. The smallest absolute Gasteiger partial charge is 0.315 e. The summed E-state index contributed by atoms with van der Waals surface area (Å²) in [5.41, 5.74) is 1.85. The Labute approximate surface area is 170 Å². The number of nitrogens with zero attached hydrogens (tertiary/aromatic N) is 3. The van der Waals surface area contributed by atoms with Gasteiger partial charge in [-0.05, 0) is 35.2 Å². The number of H-pyrrole nitrogens is 1. The minimum absolute atomic E-state index is 0.218. The van der Waals surface area contributed by atoms with Gasteiger partial charge in [0.05, 0.1) is 12.1 Å². The van der Waals surface area contributed by atoms with Crippen molar-refractivity contribution in [2.24, 2.45) is 0 Å². The van der Waals surface area contributed by atoms with Gasteiger partial charge in [0.15, 0.2) is 5.82 Å². The van der Waals surface area contributed by atoms with Gasteiger partial charge in [-0.25, -0.2) is 14.5 Å². The number of aromatic amines is 1. The fourth-order valence-corrected chi connectivity index (χ4v) is 3.43. The van der Waals surface area contributed by atoms with Gasteiger partial charge in [-0.3, -0.25) is 14.9 Å². The van der Waals surface area contributed by atoms with E-state index in [0.717, 1.165) is 16.0 Å². The van der Waals surface area contributed by atoms with Crippen molar-refractivity contribution < 1.29 is 4.79 Å². The molecular formula is C20H18N6O2S. The maximum Gasteiger partial charge on any atom is 0.315 e. The predicted octanol–water partition coefficient (Wildman–Crippen LogP) is 2.68. The Morgan fingerprint density at radius 1 is 1.14 bits per heavy atom. The zero-order valence-corrected chi connectivity index (χ0v) is 16.1. The molecule has 8 nitrogen and oxygen atoms in total. The fraction of sp³-hybridized carbons (Fsp3) is 0.100. The quantitative estimate of drug-likeness (QED) is 0.458. The normalized spacial score (nSPS) is 10.6. The van der Waals surface area contributed by atoms with E-state index in [0.29, 0.717) is 24.5 Å². The summed E-state index contributed by atoms with van der Waals surface area (Å²) < 4.78 is 1.36. The van der Waals surface area contributed by atoms with Crippen LogP contribution in [0.1, 0.15) is 10.4 Å². The zero-order chi connectivity index (χ0) is 20.1. The van der Waals surface area contributed by atoms with Gasteiger partial charge >= 0.3 is 6.03 Å². The molecule has 0 unspecified atom stereocenters. The number of amides is 2. The lowest BCUT2D eigenvalue weighted by molar-refractivity contribution is 0.240. The van der Waals surface area contributed by atoms with Crippen LogP contribution in [0.5, 0.6) is 0 Å². The molecule has 0 spiro atoms. The topological polar surface area (TPSA) is 105 Å². The van der Waals surface area contributed by atoms with E-state index in [1.165, 1.54) is 4.68 Å². The molecule has 0 aliphatic rings. The van der Waals surface area contributed by atoms with Crippen molar-refractivity contribution in [1.82, 2.24) is 30.4 Å².